The average molecular weight is 448 g/mol. The number of carbonyl (C=O) groups is 2. The lowest BCUT2D eigenvalue weighted by atomic mass is 10.0. The predicted molar refractivity (Wildman–Crippen MR) is 131 cm³/mol. The number of carbonyl (C=O) groups excluding carboxylic acids is 1. The van der Waals surface area contributed by atoms with Gasteiger partial charge < -0.3 is 15.5 Å². The van der Waals surface area contributed by atoms with Crippen molar-refractivity contribution >= 4 is 11.9 Å². The summed E-state index contributed by atoms with van der Waals surface area (Å²) in [5.74, 6) is -1.10. The summed E-state index contributed by atoms with van der Waals surface area (Å²) in [5.41, 5.74) is 0.766. The number of phenols is 1. The van der Waals surface area contributed by atoms with Gasteiger partial charge in [-0.25, -0.2) is 4.79 Å². The Morgan fingerprint density at radius 1 is 0.750 bits per heavy atom. The van der Waals surface area contributed by atoms with Gasteiger partial charge in [0.2, 0.25) is 5.91 Å². The largest absolute Gasteiger partial charge is 0.508 e. The summed E-state index contributed by atoms with van der Waals surface area (Å²) < 4.78 is 0. The van der Waals surface area contributed by atoms with Crippen molar-refractivity contribution in [2.24, 2.45) is 0 Å². The van der Waals surface area contributed by atoms with Crippen LogP contribution in [0.5, 0.6) is 5.75 Å². The number of benzene rings is 1. The molecule has 3 N–H and O–H groups in total. The van der Waals surface area contributed by atoms with Gasteiger partial charge >= 0.3 is 5.97 Å². The molecule has 1 unspecified atom stereocenters. The van der Waals surface area contributed by atoms with Crippen molar-refractivity contribution in [2.75, 3.05) is 0 Å². The van der Waals surface area contributed by atoms with Gasteiger partial charge in [0.1, 0.15) is 11.8 Å². The second kappa shape index (κ2) is 18.5. The van der Waals surface area contributed by atoms with Crippen molar-refractivity contribution in [3.8, 4) is 5.75 Å². The average Bonchev–Trinajstić information content (AvgIpc) is 2.77. The number of carboxylic acids is 1. The van der Waals surface area contributed by atoms with Crippen LogP contribution < -0.4 is 5.32 Å². The second-order valence-electron chi connectivity index (χ2n) is 9.03. The highest BCUT2D eigenvalue weighted by molar-refractivity contribution is 5.83. The van der Waals surface area contributed by atoms with Crippen LogP contribution in [-0.2, 0) is 16.0 Å². The van der Waals surface area contributed by atoms with Gasteiger partial charge in [0.05, 0.1) is 0 Å². The molecule has 0 radical (unpaired) electrons. The summed E-state index contributed by atoms with van der Waals surface area (Å²) in [5, 5.41) is 21.3. The molecular weight excluding hydrogens is 402 g/mol. The molecule has 0 saturated heterocycles. The van der Waals surface area contributed by atoms with Gasteiger partial charge in [-0.1, -0.05) is 109 Å². The minimum atomic E-state index is -1.04. The highest BCUT2D eigenvalue weighted by Crippen LogP contribution is 2.14. The maximum Gasteiger partial charge on any atom is 0.326 e. The number of amides is 1. The molecule has 1 aromatic rings. The summed E-state index contributed by atoms with van der Waals surface area (Å²) in [6, 6.07) is 5.44. The first kappa shape index (κ1) is 28.0. The maximum absolute atomic E-state index is 12.1. The number of hydrogen-bond acceptors (Lipinski definition) is 3. The number of rotatable bonds is 20. The van der Waals surface area contributed by atoms with Crippen LogP contribution in [0.3, 0.4) is 0 Å². The van der Waals surface area contributed by atoms with Gasteiger partial charge in [0, 0.05) is 12.8 Å². The molecule has 1 atom stereocenters. The zero-order chi connectivity index (χ0) is 23.4. The minimum Gasteiger partial charge on any atom is -0.508 e. The number of hydrogen-bond donors (Lipinski definition) is 3. The lowest BCUT2D eigenvalue weighted by Gasteiger charge is -2.14. The zero-order valence-corrected chi connectivity index (χ0v) is 20.1. The molecule has 182 valence electrons. The molecule has 32 heavy (non-hydrogen) atoms. The predicted octanol–water partition coefficient (Wildman–Crippen LogP) is 6.77. The van der Waals surface area contributed by atoms with E-state index in [4.69, 9.17) is 0 Å². The first-order chi connectivity index (χ1) is 15.5. The standard InChI is InChI=1S/C27H45NO4/c1-2-3-4-5-6-7-8-9-10-11-12-13-14-15-16-17-26(30)28-25(27(31)32)22-23-18-20-24(29)21-19-23/h18-21,25,29H,2-17,22H2,1H3,(H,28,30)(H,31,32). The molecular formula is C27H45NO4. The molecule has 0 heterocycles. The Hall–Kier alpha value is -2.04. The molecule has 5 nitrogen and oxygen atoms in total. The molecule has 0 saturated carbocycles. The molecule has 0 bridgehead atoms. The topological polar surface area (TPSA) is 86.6 Å². The first-order valence-corrected chi connectivity index (χ1v) is 12.8. The van der Waals surface area contributed by atoms with E-state index in [0.29, 0.717) is 6.42 Å². The van der Waals surface area contributed by atoms with E-state index in [2.05, 4.69) is 12.2 Å². The molecule has 0 aliphatic heterocycles. The molecule has 5 heteroatoms. The summed E-state index contributed by atoms with van der Waals surface area (Å²) in [7, 11) is 0. The first-order valence-electron chi connectivity index (χ1n) is 12.8. The van der Waals surface area contributed by atoms with Gasteiger partial charge in [-0.2, -0.15) is 0 Å². The molecule has 0 aliphatic carbocycles. The lowest BCUT2D eigenvalue weighted by Crippen LogP contribution is -2.42. The van der Waals surface area contributed by atoms with E-state index >= 15 is 0 Å². The van der Waals surface area contributed by atoms with Gasteiger partial charge in [-0.3, -0.25) is 4.79 Å². The third kappa shape index (κ3) is 14.9. The van der Waals surface area contributed by atoms with Crippen LogP contribution in [0.15, 0.2) is 24.3 Å². The Balaban J connectivity index is 1.99. The Morgan fingerprint density at radius 2 is 1.19 bits per heavy atom. The number of aromatic hydroxyl groups is 1. The fourth-order valence-electron chi connectivity index (χ4n) is 3.99. The fourth-order valence-corrected chi connectivity index (χ4v) is 3.99. The smallest absolute Gasteiger partial charge is 0.326 e. The molecule has 1 aromatic carbocycles. The number of nitrogens with one attached hydrogen (secondary N) is 1. The van der Waals surface area contributed by atoms with Gasteiger partial charge in [0.25, 0.3) is 0 Å². The molecule has 0 aromatic heterocycles. The normalized spacial score (nSPS) is 11.9. The van der Waals surface area contributed by atoms with Crippen molar-refractivity contribution in [1.82, 2.24) is 5.32 Å². The Kier molecular flexibility index (Phi) is 16.2. The van der Waals surface area contributed by atoms with Crippen LogP contribution >= 0.6 is 0 Å². The third-order valence-corrected chi connectivity index (χ3v) is 6.02. The fraction of sp³-hybridized carbons (Fsp3) is 0.704. The van der Waals surface area contributed by atoms with Crippen molar-refractivity contribution < 1.29 is 19.8 Å². The van der Waals surface area contributed by atoms with E-state index in [1.54, 1.807) is 12.1 Å². The third-order valence-electron chi connectivity index (χ3n) is 6.02. The highest BCUT2D eigenvalue weighted by Gasteiger charge is 2.20. The molecule has 1 rings (SSSR count). The van der Waals surface area contributed by atoms with Crippen molar-refractivity contribution in [2.45, 2.75) is 122 Å². The number of phenolic OH excluding ortho intramolecular Hbond substituents is 1. The zero-order valence-electron chi connectivity index (χ0n) is 20.1. The lowest BCUT2D eigenvalue weighted by molar-refractivity contribution is -0.141. The summed E-state index contributed by atoms with van der Waals surface area (Å²) in [6.07, 6.45) is 19.7. The quantitative estimate of drug-likeness (QED) is 0.193. The summed E-state index contributed by atoms with van der Waals surface area (Å²) >= 11 is 0. The molecule has 0 aliphatic rings. The van der Waals surface area contributed by atoms with Crippen molar-refractivity contribution in [1.29, 1.82) is 0 Å². The monoisotopic (exact) mass is 447 g/mol. The summed E-state index contributed by atoms with van der Waals surface area (Å²) in [4.78, 5) is 23.6. The SMILES string of the molecule is CCCCCCCCCCCCCCCCCC(=O)NC(Cc1ccc(O)cc1)C(=O)O. The van der Waals surface area contributed by atoms with Crippen LogP contribution in [0.2, 0.25) is 0 Å². The molecule has 0 fully saturated rings. The maximum atomic E-state index is 12.1. The van der Waals surface area contributed by atoms with Crippen LogP contribution in [0, 0.1) is 0 Å². The van der Waals surface area contributed by atoms with E-state index < -0.39 is 12.0 Å². The Morgan fingerprint density at radius 3 is 1.62 bits per heavy atom. The number of aliphatic carboxylic acids is 1. The van der Waals surface area contributed by atoms with E-state index in [1.165, 1.54) is 89.2 Å². The van der Waals surface area contributed by atoms with Gasteiger partial charge in [-0.15, -0.1) is 0 Å². The summed E-state index contributed by atoms with van der Waals surface area (Å²) in [6.45, 7) is 2.26. The van der Waals surface area contributed by atoms with E-state index in [-0.39, 0.29) is 18.1 Å². The van der Waals surface area contributed by atoms with E-state index in [9.17, 15) is 19.8 Å². The minimum absolute atomic E-state index is 0.137. The van der Waals surface area contributed by atoms with Crippen molar-refractivity contribution in [3.63, 3.8) is 0 Å². The Labute approximate surface area is 195 Å². The van der Waals surface area contributed by atoms with Crippen LogP contribution in [0.4, 0.5) is 0 Å². The van der Waals surface area contributed by atoms with E-state index in [0.717, 1.165) is 24.8 Å². The second-order valence-corrected chi connectivity index (χ2v) is 9.03. The van der Waals surface area contributed by atoms with Crippen LogP contribution in [0.25, 0.3) is 0 Å². The van der Waals surface area contributed by atoms with E-state index in [1.807, 2.05) is 0 Å². The van der Waals surface area contributed by atoms with Gasteiger partial charge in [-0.05, 0) is 24.1 Å². The number of unbranched alkanes of at least 4 members (excludes halogenated alkanes) is 14. The highest BCUT2D eigenvalue weighted by atomic mass is 16.4. The molecule has 1 amide bonds. The van der Waals surface area contributed by atoms with Crippen LogP contribution in [-0.4, -0.2) is 28.1 Å². The molecule has 0 spiro atoms. The van der Waals surface area contributed by atoms with Crippen LogP contribution in [0.1, 0.15) is 115 Å². The van der Waals surface area contributed by atoms with Crippen molar-refractivity contribution in [3.05, 3.63) is 29.8 Å². The Bertz CT molecular complexity index is 615. The number of carboxylic acid groups (broad SMARTS) is 1. The van der Waals surface area contributed by atoms with Gasteiger partial charge in [0.15, 0.2) is 0 Å².